The third-order valence-corrected chi connectivity index (χ3v) is 6.68. The minimum Gasteiger partial charge on any atom is -0.497 e. The quantitative estimate of drug-likeness (QED) is 0.321. The first kappa shape index (κ1) is 22.9. The summed E-state index contributed by atoms with van der Waals surface area (Å²) in [5, 5.41) is 14.9. The van der Waals surface area contributed by atoms with Crippen molar-refractivity contribution in [3.8, 4) is 17.2 Å². The predicted octanol–water partition coefficient (Wildman–Crippen LogP) is 5.52. The van der Waals surface area contributed by atoms with Crippen LogP contribution >= 0.6 is 11.8 Å². The first-order chi connectivity index (χ1) is 17.1. The van der Waals surface area contributed by atoms with E-state index in [4.69, 9.17) is 14.3 Å². The van der Waals surface area contributed by atoms with Gasteiger partial charge in [0.05, 0.1) is 24.6 Å². The van der Waals surface area contributed by atoms with Crippen LogP contribution in [0.4, 0.5) is 0 Å². The van der Waals surface area contributed by atoms with E-state index in [1.807, 2.05) is 85.8 Å². The van der Waals surface area contributed by atoms with Gasteiger partial charge >= 0.3 is 0 Å². The molecule has 0 radical (unpaired) electrons. The fraction of sp³-hybridized carbons (Fsp3) is 0.185. The lowest BCUT2D eigenvalue weighted by Crippen LogP contribution is -2.28. The molecular weight excluding hydrogens is 460 g/mol. The Labute approximate surface area is 207 Å². The van der Waals surface area contributed by atoms with Crippen molar-refractivity contribution in [3.05, 3.63) is 95.6 Å². The average Bonchev–Trinajstić information content (AvgIpc) is 3.56. The zero-order valence-electron chi connectivity index (χ0n) is 19.4. The van der Waals surface area contributed by atoms with Gasteiger partial charge in [-0.15, -0.1) is 10.2 Å². The Morgan fingerprint density at radius 1 is 1.03 bits per heavy atom. The Morgan fingerprint density at radius 2 is 1.77 bits per heavy atom. The van der Waals surface area contributed by atoms with Crippen molar-refractivity contribution in [1.29, 1.82) is 0 Å². The number of aryl methyl sites for hydroxylation is 1. The number of ether oxygens (including phenoxy) is 1. The van der Waals surface area contributed by atoms with Gasteiger partial charge in [0.2, 0.25) is 5.89 Å². The average molecular weight is 485 g/mol. The third kappa shape index (κ3) is 4.97. The van der Waals surface area contributed by atoms with Crippen molar-refractivity contribution < 1.29 is 13.9 Å². The van der Waals surface area contributed by atoms with E-state index in [1.54, 1.807) is 12.1 Å². The fourth-order valence-corrected chi connectivity index (χ4v) is 4.63. The van der Waals surface area contributed by atoms with Crippen LogP contribution in [0.2, 0.25) is 0 Å². The number of amides is 1. The summed E-state index contributed by atoms with van der Waals surface area (Å²) in [5.41, 5.74) is 4.82. The molecule has 7 nitrogen and oxygen atoms in total. The molecule has 4 aromatic rings. The molecular formula is C27H24N4O3S. The van der Waals surface area contributed by atoms with Gasteiger partial charge in [-0.2, -0.15) is 5.10 Å². The van der Waals surface area contributed by atoms with Gasteiger partial charge in [-0.05, 0) is 41.8 Å². The Kier molecular flexibility index (Phi) is 6.63. The predicted molar refractivity (Wildman–Crippen MR) is 135 cm³/mol. The zero-order chi connectivity index (χ0) is 24.2. The number of thioether (sulfide) groups is 1. The summed E-state index contributed by atoms with van der Waals surface area (Å²) in [6.45, 7) is 1.99. The van der Waals surface area contributed by atoms with Crippen LogP contribution in [0.1, 0.15) is 29.2 Å². The van der Waals surface area contributed by atoms with Gasteiger partial charge < -0.3 is 9.15 Å². The summed E-state index contributed by atoms with van der Waals surface area (Å²) in [5.74, 6) is 1.22. The Bertz CT molecular complexity index is 1350. The van der Waals surface area contributed by atoms with Crippen molar-refractivity contribution in [3.63, 3.8) is 0 Å². The van der Waals surface area contributed by atoms with Crippen molar-refractivity contribution in [1.82, 2.24) is 15.2 Å². The molecule has 1 atom stereocenters. The molecule has 0 spiro atoms. The van der Waals surface area contributed by atoms with Gasteiger partial charge in [0.25, 0.3) is 11.1 Å². The molecule has 1 aliphatic rings. The lowest BCUT2D eigenvalue weighted by molar-refractivity contribution is -0.130. The number of methoxy groups -OCH3 is 1. The minimum absolute atomic E-state index is 0.127. The molecule has 0 saturated heterocycles. The molecule has 8 heteroatoms. The highest BCUT2D eigenvalue weighted by Crippen LogP contribution is 2.34. The van der Waals surface area contributed by atoms with Crippen LogP contribution in [0, 0.1) is 6.92 Å². The maximum atomic E-state index is 13.3. The number of hydrazone groups is 1. The maximum absolute atomic E-state index is 13.3. The first-order valence-corrected chi connectivity index (χ1v) is 12.2. The Hall–Kier alpha value is -3.91. The highest BCUT2D eigenvalue weighted by atomic mass is 32.2. The van der Waals surface area contributed by atoms with Gasteiger partial charge in [-0.25, -0.2) is 5.01 Å². The van der Waals surface area contributed by atoms with Crippen LogP contribution in [-0.2, 0) is 4.79 Å². The van der Waals surface area contributed by atoms with Gasteiger partial charge in [-0.1, -0.05) is 72.4 Å². The van der Waals surface area contributed by atoms with Gasteiger partial charge in [0.1, 0.15) is 5.75 Å². The minimum atomic E-state index is -0.200. The zero-order valence-corrected chi connectivity index (χ0v) is 20.2. The van der Waals surface area contributed by atoms with Crippen LogP contribution in [0.3, 0.4) is 0 Å². The summed E-state index contributed by atoms with van der Waals surface area (Å²) in [6, 6.07) is 25.3. The highest BCUT2D eigenvalue weighted by Gasteiger charge is 2.33. The van der Waals surface area contributed by atoms with Crippen LogP contribution < -0.4 is 4.74 Å². The molecule has 0 saturated carbocycles. The molecule has 1 aliphatic heterocycles. The van der Waals surface area contributed by atoms with E-state index in [-0.39, 0.29) is 17.7 Å². The van der Waals surface area contributed by atoms with Crippen molar-refractivity contribution in [2.75, 3.05) is 12.9 Å². The number of aromatic nitrogens is 2. The third-order valence-electron chi connectivity index (χ3n) is 5.87. The number of hydrogen-bond donors (Lipinski definition) is 0. The Balaban J connectivity index is 1.34. The van der Waals surface area contributed by atoms with E-state index >= 15 is 0 Å². The summed E-state index contributed by atoms with van der Waals surface area (Å²) in [4.78, 5) is 13.3. The van der Waals surface area contributed by atoms with E-state index in [0.717, 1.165) is 33.7 Å². The number of nitrogens with zero attached hydrogens (tertiary/aromatic N) is 4. The standard InChI is InChI=1S/C27H24N4O3S/c1-18-8-6-7-11-22(18)26-28-29-27(34-26)35-17-25(32)31-24(20-12-14-21(33-2)15-13-20)16-23(30-31)19-9-4-3-5-10-19/h3-15,24H,16-17H2,1-2H3/t24-/m0/s1. The molecule has 0 bridgehead atoms. The second-order valence-corrected chi connectivity index (χ2v) is 9.05. The maximum Gasteiger partial charge on any atom is 0.277 e. The second-order valence-electron chi connectivity index (χ2n) is 8.12. The van der Waals surface area contributed by atoms with E-state index in [9.17, 15) is 4.79 Å². The molecule has 0 aliphatic carbocycles. The van der Waals surface area contributed by atoms with E-state index in [2.05, 4.69) is 10.2 Å². The van der Waals surface area contributed by atoms with Crippen LogP contribution in [0.5, 0.6) is 5.75 Å². The lowest BCUT2D eigenvalue weighted by atomic mass is 9.98. The lowest BCUT2D eigenvalue weighted by Gasteiger charge is -2.22. The molecule has 5 rings (SSSR count). The van der Waals surface area contributed by atoms with Crippen LogP contribution in [0.25, 0.3) is 11.5 Å². The normalized spacial score (nSPS) is 15.2. The largest absolute Gasteiger partial charge is 0.497 e. The topological polar surface area (TPSA) is 80.8 Å². The molecule has 0 fully saturated rings. The number of benzene rings is 3. The summed E-state index contributed by atoms with van der Waals surface area (Å²) in [6.07, 6.45) is 0.630. The number of hydrogen-bond acceptors (Lipinski definition) is 7. The first-order valence-electron chi connectivity index (χ1n) is 11.2. The summed E-state index contributed by atoms with van der Waals surface area (Å²) < 4.78 is 11.1. The second kappa shape index (κ2) is 10.1. The number of carbonyl (C=O) groups is 1. The molecule has 3 aromatic carbocycles. The van der Waals surface area contributed by atoms with Crippen molar-refractivity contribution >= 4 is 23.4 Å². The van der Waals surface area contributed by atoms with E-state index in [1.165, 1.54) is 11.8 Å². The molecule has 1 amide bonds. The molecule has 0 unspecified atom stereocenters. The van der Waals surface area contributed by atoms with Crippen LogP contribution in [-0.4, -0.2) is 39.7 Å². The highest BCUT2D eigenvalue weighted by molar-refractivity contribution is 7.99. The Morgan fingerprint density at radius 3 is 2.51 bits per heavy atom. The van der Waals surface area contributed by atoms with Crippen molar-refractivity contribution in [2.45, 2.75) is 24.6 Å². The molecule has 0 N–H and O–H groups in total. The van der Waals surface area contributed by atoms with Crippen molar-refractivity contribution in [2.24, 2.45) is 5.10 Å². The fourth-order valence-electron chi connectivity index (χ4n) is 4.01. The molecule has 1 aromatic heterocycles. The molecule has 2 heterocycles. The summed E-state index contributed by atoms with van der Waals surface area (Å²) in [7, 11) is 1.64. The smallest absolute Gasteiger partial charge is 0.277 e. The number of carbonyl (C=O) groups excluding carboxylic acids is 1. The number of rotatable bonds is 7. The SMILES string of the molecule is COc1ccc([C@@H]2CC(c3ccccc3)=NN2C(=O)CSc2nnc(-c3ccccc3C)o2)cc1. The molecule has 176 valence electrons. The van der Waals surface area contributed by atoms with E-state index < -0.39 is 0 Å². The van der Waals surface area contributed by atoms with Gasteiger partial charge in [0, 0.05) is 12.0 Å². The van der Waals surface area contributed by atoms with E-state index in [0.29, 0.717) is 17.5 Å². The molecule has 35 heavy (non-hydrogen) atoms. The van der Waals surface area contributed by atoms with Gasteiger partial charge in [0.15, 0.2) is 0 Å². The monoisotopic (exact) mass is 484 g/mol. The van der Waals surface area contributed by atoms with Crippen LogP contribution in [0.15, 0.2) is 93.6 Å². The summed E-state index contributed by atoms with van der Waals surface area (Å²) >= 11 is 1.22. The van der Waals surface area contributed by atoms with Gasteiger partial charge in [-0.3, -0.25) is 4.79 Å².